The van der Waals surface area contributed by atoms with Crippen LogP contribution in [-0.4, -0.2) is 21.6 Å². The summed E-state index contributed by atoms with van der Waals surface area (Å²) < 4.78 is 0.834. The van der Waals surface area contributed by atoms with Gasteiger partial charge in [-0.25, -0.2) is 0 Å². The molecular formula is C13H14BrN3O2. The first-order valence-electron chi connectivity index (χ1n) is 5.90. The summed E-state index contributed by atoms with van der Waals surface area (Å²) in [5.74, 6) is 0.165. The summed E-state index contributed by atoms with van der Waals surface area (Å²) in [5, 5.41) is 13.0. The van der Waals surface area contributed by atoms with Crippen LogP contribution in [0, 0.1) is 0 Å². The lowest BCUT2D eigenvalue weighted by Gasteiger charge is -2.06. The van der Waals surface area contributed by atoms with Crippen LogP contribution in [0.3, 0.4) is 0 Å². The van der Waals surface area contributed by atoms with E-state index in [1.165, 1.54) is 0 Å². The maximum Gasteiger partial charge on any atom is 0.262 e. The molecule has 0 spiro atoms. The predicted octanol–water partition coefficient (Wildman–Crippen LogP) is 2.01. The Balaban J connectivity index is 2.45. The number of aromatic hydroxyl groups is 1. The third-order valence-electron chi connectivity index (χ3n) is 2.61. The van der Waals surface area contributed by atoms with Crippen LogP contribution in [0.5, 0.6) is 5.88 Å². The van der Waals surface area contributed by atoms with Crippen LogP contribution >= 0.6 is 15.9 Å². The van der Waals surface area contributed by atoms with E-state index >= 15 is 0 Å². The zero-order chi connectivity index (χ0) is 13.8. The Morgan fingerprint density at radius 3 is 2.89 bits per heavy atom. The molecule has 2 rings (SSSR count). The van der Waals surface area contributed by atoms with E-state index in [1.807, 2.05) is 13.0 Å². The first-order valence-corrected chi connectivity index (χ1v) is 6.70. The van der Waals surface area contributed by atoms with Crippen molar-refractivity contribution in [2.75, 3.05) is 6.54 Å². The summed E-state index contributed by atoms with van der Waals surface area (Å²) in [6.07, 6.45) is 0. The molecule has 0 fully saturated rings. The highest BCUT2D eigenvalue weighted by molar-refractivity contribution is 9.10. The van der Waals surface area contributed by atoms with Gasteiger partial charge < -0.3 is 15.4 Å². The molecule has 100 valence electrons. The lowest BCUT2D eigenvalue weighted by Crippen LogP contribution is -2.20. The minimum atomic E-state index is -0.349. The van der Waals surface area contributed by atoms with Gasteiger partial charge in [0.15, 0.2) is 0 Å². The maximum atomic E-state index is 12.0. The van der Waals surface area contributed by atoms with Crippen molar-refractivity contribution in [2.24, 2.45) is 0 Å². The average Bonchev–Trinajstić information content (AvgIpc) is 2.35. The van der Waals surface area contributed by atoms with Crippen molar-refractivity contribution >= 4 is 15.9 Å². The topological polar surface area (TPSA) is 78.0 Å². The number of hydrogen-bond donors (Lipinski definition) is 3. The molecule has 0 saturated carbocycles. The highest BCUT2D eigenvalue weighted by Gasteiger charge is 2.12. The zero-order valence-corrected chi connectivity index (χ0v) is 12.0. The minimum Gasteiger partial charge on any atom is -0.493 e. The largest absolute Gasteiger partial charge is 0.493 e. The number of rotatable bonds is 4. The van der Waals surface area contributed by atoms with Crippen molar-refractivity contribution in [3.05, 3.63) is 44.9 Å². The van der Waals surface area contributed by atoms with Gasteiger partial charge in [-0.3, -0.25) is 4.79 Å². The van der Waals surface area contributed by atoms with Crippen molar-refractivity contribution in [3.63, 3.8) is 0 Å². The summed E-state index contributed by atoms with van der Waals surface area (Å²) in [5.41, 5.74) is 0.454. The van der Waals surface area contributed by atoms with Crippen LogP contribution in [0.15, 0.2) is 33.5 Å². The monoisotopic (exact) mass is 323 g/mol. The molecule has 0 aliphatic rings. The normalized spacial score (nSPS) is 10.6. The van der Waals surface area contributed by atoms with Crippen LogP contribution in [0.4, 0.5) is 0 Å². The van der Waals surface area contributed by atoms with Crippen molar-refractivity contribution in [1.82, 2.24) is 15.3 Å². The summed E-state index contributed by atoms with van der Waals surface area (Å²) in [6.45, 7) is 3.13. The summed E-state index contributed by atoms with van der Waals surface area (Å²) in [4.78, 5) is 18.7. The zero-order valence-electron chi connectivity index (χ0n) is 10.4. The molecule has 1 aromatic heterocycles. The van der Waals surface area contributed by atoms with Crippen molar-refractivity contribution < 1.29 is 5.11 Å². The molecule has 0 atom stereocenters. The fourth-order valence-corrected chi connectivity index (χ4v) is 2.14. The van der Waals surface area contributed by atoms with Crippen molar-refractivity contribution in [3.8, 4) is 17.0 Å². The van der Waals surface area contributed by atoms with Crippen LogP contribution < -0.4 is 10.9 Å². The van der Waals surface area contributed by atoms with Gasteiger partial charge in [0.25, 0.3) is 5.56 Å². The molecule has 0 unspecified atom stereocenters. The third kappa shape index (κ3) is 3.21. The molecule has 0 radical (unpaired) electrons. The second-order valence-electron chi connectivity index (χ2n) is 4.00. The Morgan fingerprint density at radius 1 is 1.47 bits per heavy atom. The van der Waals surface area contributed by atoms with Gasteiger partial charge >= 0.3 is 0 Å². The summed E-state index contributed by atoms with van der Waals surface area (Å²) in [6, 6.07) is 7.16. The van der Waals surface area contributed by atoms with E-state index in [-0.39, 0.29) is 17.0 Å². The number of nitrogens with one attached hydrogen (secondary N) is 2. The number of hydrogen-bond acceptors (Lipinski definition) is 4. The molecule has 1 heterocycles. The number of aromatic amines is 1. The second-order valence-corrected chi connectivity index (χ2v) is 4.92. The van der Waals surface area contributed by atoms with Crippen LogP contribution in [0.25, 0.3) is 11.1 Å². The van der Waals surface area contributed by atoms with Gasteiger partial charge in [0.2, 0.25) is 5.88 Å². The molecule has 0 saturated heterocycles. The number of benzene rings is 1. The molecule has 6 heteroatoms. The van der Waals surface area contributed by atoms with Gasteiger partial charge in [-0.05, 0) is 24.2 Å². The smallest absolute Gasteiger partial charge is 0.262 e. The van der Waals surface area contributed by atoms with E-state index in [0.29, 0.717) is 17.9 Å². The summed E-state index contributed by atoms with van der Waals surface area (Å²) in [7, 11) is 0. The Labute approximate surface area is 118 Å². The summed E-state index contributed by atoms with van der Waals surface area (Å²) >= 11 is 3.33. The second kappa shape index (κ2) is 5.99. The van der Waals surface area contributed by atoms with Crippen LogP contribution in [0.1, 0.15) is 12.7 Å². The molecule has 3 N–H and O–H groups in total. The third-order valence-corrected chi connectivity index (χ3v) is 3.10. The first kappa shape index (κ1) is 13.8. The van der Waals surface area contributed by atoms with Gasteiger partial charge in [-0.2, -0.15) is 4.98 Å². The number of aromatic nitrogens is 2. The average molecular weight is 324 g/mol. The highest BCUT2D eigenvalue weighted by atomic mass is 79.9. The van der Waals surface area contributed by atoms with Crippen molar-refractivity contribution in [1.29, 1.82) is 0 Å². The number of halogens is 1. The lowest BCUT2D eigenvalue weighted by atomic mass is 10.1. The predicted molar refractivity (Wildman–Crippen MR) is 77.0 cm³/mol. The van der Waals surface area contributed by atoms with E-state index in [9.17, 15) is 9.90 Å². The van der Waals surface area contributed by atoms with Gasteiger partial charge in [0, 0.05) is 4.47 Å². The Bertz CT molecular complexity index is 640. The minimum absolute atomic E-state index is 0.182. The highest BCUT2D eigenvalue weighted by Crippen LogP contribution is 2.25. The molecule has 1 aromatic carbocycles. The Kier molecular flexibility index (Phi) is 4.34. The molecule has 2 aromatic rings. The van der Waals surface area contributed by atoms with E-state index in [2.05, 4.69) is 31.2 Å². The van der Waals surface area contributed by atoms with Gasteiger partial charge in [0.05, 0.1) is 6.54 Å². The van der Waals surface area contributed by atoms with Gasteiger partial charge in [-0.1, -0.05) is 35.0 Å². The van der Waals surface area contributed by atoms with Crippen LogP contribution in [0.2, 0.25) is 0 Å². The molecule has 5 nitrogen and oxygen atoms in total. The maximum absolute atomic E-state index is 12.0. The molecular weight excluding hydrogens is 310 g/mol. The van der Waals surface area contributed by atoms with Gasteiger partial charge in [0.1, 0.15) is 11.4 Å². The SMILES string of the molecule is CCNCc1nc(O)c(-c2cccc(Br)c2)c(=O)[nH]1. The fourth-order valence-electron chi connectivity index (χ4n) is 1.74. The molecule has 0 bridgehead atoms. The molecule has 0 amide bonds. The number of nitrogens with zero attached hydrogens (tertiary/aromatic N) is 1. The van der Waals surface area contributed by atoms with Gasteiger partial charge in [-0.15, -0.1) is 0 Å². The standard InChI is InChI=1S/C13H14BrN3O2/c1-2-15-7-10-16-12(18)11(13(19)17-10)8-4-3-5-9(14)6-8/h3-6,15H,2,7H2,1H3,(H2,16,17,18,19). The Morgan fingerprint density at radius 2 is 2.26 bits per heavy atom. The van der Waals surface area contributed by atoms with Crippen molar-refractivity contribution in [2.45, 2.75) is 13.5 Å². The first-order chi connectivity index (χ1) is 9.11. The van der Waals surface area contributed by atoms with E-state index in [1.54, 1.807) is 18.2 Å². The quantitative estimate of drug-likeness (QED) is 0.804. The van der Waals surface area contributed by atoms with Crippen LogP contribution in [-0.2, 0) is 6.54 Å². The number of H-pyrrole nitrogens is 1. The molecule has 0 aliphatic carbocycles. The fraction of sp³-hybridized carbons (Fsp3) is 0.231. The van der Waals surface area contributed by atoms with E-state index in [4.69, 9.17) is 0 Å². The Hall–Kier alpha value is -1.66. The molecule has 0 aliphatic heterocycles. The lowest BCUT2D eigenvalue weighted by molar-refractivity contribution is 0.448. The van der Waals surface area contributed by atoms with E-state index in [0.717, 1.165) is 11.0 Å². The molecule has 19 heavy (non-hydrogen) atoms. The van der Waals surface area contributed by atoms with E-state index < -0.39 is 0 Å².